The fourth-order valence-corrected chi connectivity index (χ4v) is 3.22. The molecule has 0 radical (unpaired) electrons. The number of rotatable bonds is 6. The van der Waals surface area contributed by atoms with Crippen LogP contribution in [0.15, 0.2) is 0 Å². The molecule has 1 aliphatic heterocycles. The number of imide groups is 1. The molecule has 1 saturated heterocycles. The lowest BCUT2D eigenvalue weighted by molar-refractivity contribution is -0.148. The number of carbonyl (C=O) groups excluding carboxylic acids is 2. The third-order valence-corrected chi connectivity index (χ3v) is 4.77. The first kappa shape index (κ1) is 15.0. The fourth-order valence-electron chi connectivity index (χ4n) is 3.22. The van der Waals surface area contributed by atoms with Crippen LogP contribution in [0.2, 0.25) is 0 Å². The highest BCUT2D eigenvalue weighted by molar-refractivity contribution is 6.10. The van der Waals surface area contributed by atoms with Gasteiger partial charge in [0.05, 0.1) is 11.8 Å². The molecule has 112 valence electrons. The maximum Gasteiger partial charge on any atom is 0.323 e. The Balaban J connectivity index is 2.01. The van der Waals surface area contributed by atoms with E-state index in [9.17, 15) is 19.5 Å². The summed E-state index contributed by atoms with van der Waals surface area (Å²) < 4.78 is 0. The van der Waals surface area contributed by atoms with E-state index in [4.69, 9.17) is 0 Å². The Morgan fingerprint density at radius 2 is 1.85 bits per heavy atom. The number of carboxylic acid groups (broad SMARTS) is 1. The summed E-state index contributed by atoms with van der Waals surface area (Å²) >= 11 is 0. The normalized spacial score (nSPS) is 30.1. The Bertz CT molecular complexity index is 450. The molecule has 1 saturated carbocycles. The van der Waals surface area contributed by atoms with E-state index in [1.165, 1.54) is 4.90 Å². The second-order valence-corrected chi connectivity index (χ2v) is 6.52. The van der Waals surface area contributed by atoms with Crippen LogP contribution < -0.4 is 5.32 Å². The van der Waals surface area contributed by atoms with Crippen molar-refractivity contribution in [3.05, 3.63) is 0 Å². The molecule has 0 aromatic rings. The zero-order valence-corrected chi connectivity index (χ0v) is 12.4. The molecule has 6 heteroatoms. The van der Waals surface area contributed by atoms with Gasteiger partial charge in [0.1, 0.15) is 5.54 Å². The number of likely N-dealkylation sites (N-methyl/N-ethyl adjacent to an activating group) is 1. The first-order chi connectivity index (χ1) is 9.16. The molecule has 2 amide bonds. The van der Waals surface area contributed by atoms with E-state index in [1.54, 1.807) is 6.92 Å². The number of carboxylic acids is 1. The van der Waals surface area contributed by atoms with Crippen LogP contribution in [-0.4, -0.2) is 46.4 Å². The van der Waals surface area contributed by atoms with E-state index in [1.807, 2.05) is 20.8 Å². The van der Waals surface area contributed by atoms with Gasteiger partial charge in [-0.2, -0.15) is 0 Å². The SMILES string of the molecule is CCNC(C)(CCN1C(=O)C2C(C1=O)C2(C)C)C(=O)O. The summed E-state index contributed by atoms with van der Waals surface area (Å²) in [5.41, 5.74) is -1.33. The Morgan fingerprint density at radius 3 is 2.25 bits per heavy atom. The number of hydrogen-bond acceptors (Lipinski definition) is 4. The molecular weight excluding hydrogens is 260 g/mol. The summed E-state index contributed by atoms with van der Waals surface area (Å²) in [6.45, 7) is 7.93. The van der Waals surface area contributed by atoms with Gasteiger partial charge in [0.15, 0.2) is 0 Å². The van der Waals surface area contributed by atoms with Crippen LogP contribution in [0.4, 0.5) is 0 Å². The smallest absolute Gasteiger partial charge is 0.323 e. The molecule has 0 bridgehead atoms. The maximum absolute atomic E-state index is 12.2. The van der Waals surface area contributed by atoms with Crippen molar-refractivity contribution in [3.8, 4) is 0 Å². The quantitative estimate of drug-likeness (QED) is 0.692. The van der Waals surface area contributed by atoms with Gasteiger partial charge in [-0.3, -0.25) is 19.3 Å². The van der Waals surface area contributed by atoms with Crippen molar-refractivity contribution < 1.29 is 19.5 Å². The Morgan fingerprint density at radius 1 is 1.35 bits per heavy atom. The van der Waals surface area contributed by atoms with E-state index in [0.29, 0.717) is 6.54 Å². The second kappa shape index (κ2) is 4.55. The highest BCUT2D eigenvalue weighted by Gasteiger charge is 2.72. The van der Waals surface area contributed by atoms with Crippen LogP contribution in [0.3, 0.4) is 0 Å². The number of nitrogens with zero attached hydrogens (tertiary/aromatic N) is 1. The van der Waals surface area contributed by atoms with Gasteiger partial charge in [0, 0.05) is 6.54 Å². The third-order valence-electron chi connectivity index (χ3n) is 4.77. The summed E-state index contributed by atoms with van der Waals surface area (Å²) in [6, 6.07) is 0. The summed E-state index contributed by atoms with van der Waals surface area (Å²) in [7, 11) is 0. The van der Waals surface area contributed by atoms with Crippen LogP contribution in [0.25, 0.3) is 0 Å². The Hall–Kier alpha value is -1.43. The van der Waals surface area contributed by atoms with E-state index < -0.39 is 11.5 Å². The van der Waals surface area contributed by atoms with Gasteiger partial charge in [-0.15, -0.1) is 0 Å². The molecule has 0 aromatic heterocycles. The number of aliphatic carboxylic acids is 1. The molecule has 1 aliphatic carbocycles. The van der Waals surface area contributed by atoms with E-state index in [0.717, 1.165) is 0 Å². The number of amides is 2. The summed E-state index contributed by atoms with van der Waals surface area (Å²) in [6.07, 6.45) is 0.216. The van der Waals surface area contributed by atoms with Gasteiger partial charge in [-0.1, -0.05) is 20.8 Å². The van der Waals surface area contributed by atoms with E-state index >= 15 is 0 Å². The summed E-state index contributed by atoms with van der Waals surface area (Å²) in [5.74, 6) is -1.66. The summed E-state index contributed by atoms with van der Waals surface area (Å²) in [4.78, 5) is 36.8. The largest absolute Gasteiger partial charge is 0.480 e. The molecule has 0 spiro atoms. The minimum atomic E-state index is -1.11. The zero-order valence-electron chi connectivity index (χ0n) is 12.4. The minimum Gasteiger partial charge on any atom is -0.480 e. The number of likely N-dealkylation sites (tertiary alicyclic amines) is 1. The predicted octanol–water partition coefficient (Wildman–Crippen LogP) is 0.470. The molecule has 2 fully saturated rings. The Kier molecular flexibility index (Phi) is 3.40. The maximum atomic E-state index is 12.2. The highest BCUT2D eigenvalue weighted by atomic mass is 16.4. The molecule has 0 aromatic carbocycles. The lowest BCUT2D eigenvalue weighted by atomic mass is 9.97. The van der Waals surface area contributed by atoms with Gasteiger partial charge >= 0.3 is 5.97 Å². The van der Waals surface area contributed by atoms with Crippen molar-refractivity contribution in [1.82, 2.24) is 10.2 Å². The van der Waals surface area contributed by atoms with Crippen LogP contribution in [0, 0.1) is 17.3 Å². The van der Waals surface area contributed by atoms with E-state index in [2.05, 4.69) is 5.32 Å². The predicted molar refractivity (Wildman–Crippen MR) is 71.8 cm³/mol. The van der Waals surface area contributed by atoms with Crippen LogP contribution >= 0.6 is 0 Å². The average molecular weight is 282 g/mol. The number of nitrogens with one attached hydrogen (secondary N) is 1. The van der Waals surface area contributed by atoms with Crippen molar-refractivity contribution in [2.24, 2.45) is 17.3 Å². The van der Waals surface area contributed by atoms with Crippen molar-refractivity contribution in [3.63, 3.8) is 0 Å². The Labute approximate surface area is 118 Å². The second-order valence-electron chi connectivity index (χ2n) is 6.52. The average Bonchev–Trinajstić information content (AvgIpc) is 2.80. The molecule has 3 atom stereocenters. The van der Waals surface area contributed by atoms with E-state index in [-0.39, 0.29) is 42.0 Å². The molecule has 3 unspecified atom stereocenters. The third kappa shape index (κ3) is 2.02. The van der Waals surface area contributed by atoms with Gasteiger partial charge in [-0.25, -0.2) is 0 Å². The molecule has 2 aliphatic rings. The van der Waals surface area contributed by atoms with Crippen molar-refractivity contribution in [2.75, 3.05) is 13.1 Å². The summed E-state index contributed by atoms with van der Waals surface area (Å²) in [5, 5.41) is 12.2. The van der Waals surface area contributed by atoms with Gasteiger partial charge in [0.2, 0.25) is 11.8 Å². The number of fused-ring (bicyclic) bond motifs is 1. The number of hydrogen-bond donors (Lipinski definition) is 2. The van der Waals surface area contributed by atoms with Gasteiger partial charge in [0.25, 0.3) is 0 Å². The van der Waals surface area contributed by atoms with Crippen LogP contribution in [-0.2, 0) is 14.4 Å². The minimum absolute atomic E-state index is 0.144. The first-order valence-electron chi connectivity index (χ1n) is 7.00. The number of piperidine rings is 1. The van der Waals surface area contributed by atoms with Crippen molar-refractivity contribution in [1.29, 1.82) is 0 Å². The zero-order chi connectivity index (χ0) is 15.3. The monoisotopic (exact) mass is 282 g/mol. The van der Waals surface area contributed by atoms with Crippen LogP contribution in [0.1, 0.15) is 34.1 Å². The molecule has 6 nitrogen and oxygen atoms in total. The molecular formula is C14H22N2O4. The highest BCUT2D eigenvalue weighted by Crippen LogP contribution is 2.63. The van der Waals surface area contributed by atoms with Crippen LogP contribution in [0.5, 0.6) is 0 Å². The van der Waals surface area contributed by atoms with Crippen molar-refractivity contribution >= 4 is 17.8 Å². The van der Waals surface area contributed by atoms with Gasteiger partial charge < -0.3 is 10.4 Å². The molecule has 1 heterocycles. The fraction of sp³-hybridized carbons (Fsp3) is 0.786. The first-order valence-corrected chi connectivity index (χ1v) is 7.00. The number of carbonyl (C=O) groups is 3. The lowest BCUT2D eigenvalue weighted by Gasteiger charge is -2.28. The topological polar surface area (TPSA) is 86.7 Å². The molecule has 2 N–H and O–H groups in total. The molecule has 20 heavy (non-hydrogen) atoms. The molecule has 2 rings (SSSR count). The lowest BCUT2D eigenvalue weighted by Crippen LogP contribution is -2.52. The standard InChI is InChI=1S/C14H22N2O4/c1-5-15-14(4,12(19)20)6-7-16-10(17)8-9(11(16)18)13(8,2)3/h8-9,15H,5-7H2,1-4H3,(H,19,20). The van der Waals surface area contributed by atoms with Crippen molar-refractivity contribution in [2.45, 2.75) is 39.7 Å². The van der Waals surface area contributed by atoms with Gasteiger partial charge in [-0.05, 0) is 25.3 Å².